The van der Waals surface area contributed by atoms with E-state index < -0.39 is 5.60 Å². The summed E-state index contributed by atoms with van der Waals surface area (Å²) in [4.78, 5) is 25.4. The first-order valence-electron chi connectivity index (χ1n) is 6.36. The molecule has 0 saturated heterocycles. The minimum absolute atomic E-state index is 0.120. The molecule has 2 rings (SSSR count). The van der Waals surface area contributed by atoms with E-state index in [4.69, 9.17) is 16.3 Å². The highest BCUT2D eigenvalue weighted by Gasteiger charge is 2.40. The zero-order valence-electron chi connectivity index (χ0n) is 11.7. The average molecular weight is 297 g/mol. The van der Waals surface area contributed by atoms with Crippen LogP contribution in [0.25, 0.3) is 0 Å². The second kappa shape index (κ2) is 5.32. The summed E-state index contributed by atoms with van der Waals surface area (Å²) in [6, 6.07) is 5.12. The van der Waals surface area contributed by atoms with Gasteiger partial charge in [-0.05, 0) is 32.0 Å². The quantitative estimate of drug-likeness (QED) is 0.928. The van der Waals surface area contributed by atoms with Crippen LogP contribution in [0, 0.1) is 0 Å². The molecule has 1 aliphatic heterocycles. The fourth-order valence-corrected chi connectivity index (χ4v) is 2.27. The molecule has 0 saturated carbocycles. The first-order valence-corrected chi connectivity index (χ1v) is 6.74. The minimum Gasteiger partial charge on any atom is -0.476 e. The van der Waals surface area contributed by atoms with Crippen LogP contribution in [0.15, 0.2) is 18.2 Å². The number of nitrogens with one attached hydrogen (secondary N) is 1. The van der Waals surface area contributed by atoms with E-state index in [1.165, 1.54) is 0 Å². The van der Waals surface area contributed by atoms with Crippen LogP contribution in [-0.4, -0.2) is 31.0 Å². The molecular weight excluding hydrogens is 280 g/mol. The van der Waals surface area contributed by atoms with Gasteiger partial charge < -0.3 is 15.0 Å². The van der Waals surface area contributed by atoms with Crippen LogP contribution in [-0.2, 0) is 9.59 Å². The minimum atomic E-state index is -0.955. The maximum Gasteiger partial charge on any atom is 0.270 e. The van der Waals surface area contributed by atoms with Crippen molar-refractivity contribution in [2.75, 3.05) is 18.5 Å². The molecule has 0 bridgehead atoms. The Labute approximate surface area is 122 Å². The number of ether oxygens (including phenoxy) is 1. The largest absolute Gasteiger partial charge is 0.476 e. The van der Waals surface area contributed by atoms with Crippen molar-refractivity contribution < 1.29 is 14.3 Å². The van der Waals surface area contributed by atoms with Crippen molar-refractivity contribution in [2.45, 2.75) is 25.9 Å². The molecule has 1 aliphatic rings. The molecule has 0 atom stereocenters. The molecular formula is C14H17ClN2O3. The second-order valence-corrected chi connectivity index (χ2v) is 5.54. The summed E-state index contributed by atoms with van der Waals surface area (Å²) < 4.78 is 5.70. The van der Waals surface area contributed by atoms with Gasteiger partial charge in [0.1, 0.15) is 5.75 Å². The Kier molecular flexibility index (Phi) is 3.90. The molecule has 0 fully saturated rings. The van der Waals surface area contributed by atoms with E-state index in [2.05, 4.69) is 5.32 Å². The Morgan fingerprint density at radius 1 is 1.45 bits per heavy atom. The van der Waals surface area contributed by atoms with Gasteiger partial charge in [-0.3, -0.25) is 9.59 Å². The zero-order valence-corrected chi connectivity index (χ0v) is 12.5. The summed E-state index contributed by atoms with van der Waals surface area (Å²) in [5.74, 6) is 0.290. The third-order valence-corrected chi connectivity index (χ3v) is 3.41. The molecule has 1 N–H and O–H groups in total. The van der Waals surface area contributed by atoms with Crippen molar-refractivity contribution in [1.82, 2.24) is 5.32 Å². The summed E-state index contributed by atoms with van der Waals surface area (Å²) in [6.07, 6.45) is 0.226. The number of amides is 2. The summed E-state index contributed by atoms with van der Waals surface area (Å²) >= 11 is 5.98. The number of fused-ring (bicyclic) bond motifs is 1. The maximum absolute atomic E-state index is 12.4. The van der Waals surface area contributed by atoms with Crippen LogP contribution in [0.4, 0.5) is 5.69 Å². The van der Waals surface area contributed by atoms with Crippen molar-refractivity contribution >= 4 is 29.1 Å². The Hall–Kier alpha value is -1.75. The van der Waals surface area contributed by atoms with Crippen LogP contribution in [0.2, 0.25) is 5.02 Å². The normalized spacial score (nSPS) is 16.4. The number of rotatable bonds is 3. The standard InChI is InChI=1S/C14H17ClN2O3/c1-14(2)13(19)17(7-6-12(18)16-3)10-8-9(15)4-5-11(10)20-14/h4-5,8H,6-7H2,1-3H3,(H,16,18). The Bertz CT molecular complexity index is 557. The predicted molar refractivity (Wildman–Crippen MR) is 77.2 cm³/mol. The van der Waals surface area contributed by atoms with Gasteiger partial charge in [-0.25, -0.2) is 0 Å². The molecule has 0 aromatic heterocycles. The Morgan fingerprint density at radius 3 is 2.80 bits per heavy atom. The summed E-state index contributed by atoms with van der Waals surface area (Å²) in [5, 5.41) is 3.06. The zero-order chi connectivity index (χ0) is 14.9. The molecule has 0 aliphatic carbocycles. The van der Waals surface area contributed by atoms with Crippen molar-refractivity contribution in [3.8, 4) is 5.75 Å². The number of hydrogen-bond acceptors (Lipinski definition) is 3. The van der Waals surface area contributed by atoms with E-state index in [9.17, 15) is 9.59 Å². The maximum atomic E-state index is 12.4. The summed E-state index contributed by atoms with van der Waals surface area (Å²) in [6.45, 7) is 3.71. The third kappa shape index (κ3) is 2.72. The number of nitrogens with zero attached hydrogens (tertiary/aromatic N) is 1. The van der Waals surface area contributed by atoms with Gasteiger partial charge in [0, 0.05) is 25.0 Å². The van der Waals surface area contributed by atoms with Gasteiger partial charge in [0.25, 0.3) is 5.91 Å². The van der Waals surface area contributed by atoms with Crippen molar-refractivity contribution in [2.24, 2.45) is 0 Å². The Morgan fingerprint density at radius 2 is 2.15 bits per heavy atom. The molecule has 1 aromatic carbocycles. The number of benzene rings is 1. The number of anilines is 1. The lowest BCUT2D eigenvalue weighted by Gasteiger charge is -2.38. The number of hydrogen-bond donors (Lipinski definition) is 1. The SMILES string of the molecule is CNC(=O)CCN1C(=O)C(C)(C)Oc2ccc(Cl)cc21. The fraction of sp³-hybridized carbons (Fsp3) is 0.429. The fourth-order valence-electron chi connectivity index (χ4n) is 2.10. The molecule has 0 unspecified atom stereocenters. The molecule has 0 spiro atoms. The van der Waals surface area contributed by atoms with Crippen molar-refractivity contribution in [3.63, 3.8) is 0 Å². The van der Waals surface area contributed by atoms with Gasteiger partial charge in [-0.15, -0.1) is 0 Å². The number of carbonyl (C=O) groups is 2. The van der Waals surface area contributed by atoms with Gasteiger partial charge in [0.15, 0.2) is 5.60 Å². The van der Waals surface area contributed by atoms with E-state index >= 15 is 0 Å². The van der Waals surface area contributed by atoms with Gasteiger partial charge in [-0.2, -0.15) is 0 Å². The van der Waals surface area contributed by atoms with Crippen LogP contribution in [0.5, 0.6) is 5.75 Å². The first kappa shape index (κ1) is 14.7. The first-order chi connectivity index (χ1) is 9.35. The second-order valence-electron chi connectivity index (χ2n) is 5.10. The highest BCUT2D eigenvalue weighted by molar-refractivity contribution is 6.31. The van der Waals surface area contributed by atoms with E-state index in [0.29, 0.717) is 23.0 Å². The lowest BCUT2D eigenvalue weighted by atomic mass is 10.0. The number of carbonyl (C=O) groups excluding carboxylic acids is 2. The predicted octanol–water partition coefficient (Wildman–Crippen LogP) is 1.98. The van der Waals surface area contributed by atoms with E-state index in [-0.39, 0.29) is 18.2 Å². The molecule has 1 heterocycles. The molecule has 20 heavy (non-hydrogen) atoms. The third-order valence-electron chi connectivity index (χ3n) is 3.18. The highest BCUT2D eigenvalue weighted by Crippen LogP contribution is 2.39. The summed E-state index contributed by atoms with van der Waals surface area (Å²) in [7, 11) is 1.57. The van der Waals surface area contributed by atoms with Gasteiger partial charge in [0.2, 0.25) is 5.91 Å². The van der Waals surface area contributed by atoms with Crippen LogP contribution in [0.3, 0.4) is 0 Å². The smallest absolute Gasteiger partial charge is 0.270 e. The van der Waals surface area contributed by atoms with Gasteiger partial charge in [0.05, 0.1) is 5.69 Å². The van der Waals surface area contributed by atoms with Crippen LogP contribution in [0.1, 0.15) is 20.3 Å². The summed E-state index contributed by atoms with van der Waals surface area (Å²) in [5.41, 5.74) is -0.352. The van der Waals surface area contributed by atoms with E-state index in [1.807, 2.05) is 0 Å². The van der Waals surface area contributed by atoms with Gasteiger partial charge >= 0.3 is 0 Å². The average Bonchev–Trinajstić information content (AvgIpc) is 2.39. The molecule has 5 nitrogen and oxygen atoms in total. The van der Waals surface area contributed by atoms with Crippen LogP contribution < -0.4 is 15.0 Å². The lowest BCUT2D eigenvalue weighted by Crippen LogP contribution is -2.53. The molecule has 1 aromatic rings. The molecule has 6 heteroatoms. The highest BCUT2D eigenvalue weighted by atomic mass is 35.5. The van der Waals surface area contributed by atoms with E-state index in [1.54, 1.807) is 44.0 Å². The van der Waals surface area contributed by atoms with Crippen molar-refractivity contribution in [1.29, 1.82) is 0 Å². The Balaban J connectivity index is 2.35. The molecule has 108 valence electrons. The monoisotopic (exact) mass is 296 g/mol. The van der Waals surface area contributed by atoms with Gasteiger partial charge in [-0.1, -0.05) is 11.6 Å². The topological polar surface area (TPSA) is 58.6 Å². The lowest BCUT2D eigenvalue weighted by molar-refractivity contribution is -0.132. The van der Waals surface area contributed by atoms with Crippen molar-refractivity contribution in [3.05, 3.63) is 23.2 Å². The van der Waals surface area contributed by atoms with E-state index in [0.717, 1.165) is 0 Å². The molecule has 2 amide bonds. The number of halogens is 1. The van der Waals surface area contributed by atoms with Crippen LogP contribution >= 0.6 is 11.6 Å². The molecule has 0 radical (unpaired) electrons.